The van der Waals surface area contributed by atoms with E-state index < -0.39 is 7.82 Å². The molecule has 0 heterocycles. The van der Waals surface area contributed by atoms with Gasteiger partial charge in [-0.2, -0.15) is 0 Å². The number of hydrogen-bond donors (Lipinski definition) is 3. The van der Waals surface area contributed by atoms with Crippen LogP contribution in [0.5, 0.6) is 0 Å². The number of hydrogen-bond acceptors (Lipinski definition) is 3. The zero-order chi connectivity index (χ0) is 9.45. The molecule has 6 heteroatoms. The van der Waals surface area contributed by atoms with Crippen LogP contribution in [0.1, 0.15) is 25.7 Å². The lowest BCUT2D eigenvalue weighted by Crippen LogP contribution is -1.92. The van der Waals surface area contributed by atoms with Crippen LogP contribution in [0.25, 0.3) is 0 Å². The topological polar surface area (TPSA) is 87.0 Å². The van der Waals surface area contributed by atoms with Crippen LogP contribution in [0.3, 0.4) is 0 Å². The van der Waals surface area contributed by atoms with Gasteiger partial charge in [0.1, 0.15) is 0 Å². The third-order valence-electron chi connectivity index (χ3n) is 1.31. The zero-order valence-corrected chi connectivity index (χ0v) is 7.74. The van der Waals surface area contributed by atoms with Crippen LogP contribution in [-0.2, 0) is 9.09 Å². The molecule has 12 heavy (non-hydrogen) atoms. The molecule has 0 saturated heterocycles. The van der Waals surface area contributed by atoms with Gasteiger partial charge < -0.3 is 14.9 Å². The van der Waals surface area contributed by atoms with Crippen molar-refractivity contribution in [1.82, 2.24) is 0 Å². The first-order valence-corrected chi connectivity index (χ1v) is 5.40. The first kappa shape index (κ1) is 12.1. The van der Waals surface area contributed by atoms with Gasteiger partial charge in [-0.25, -0.2) is 4.57 Å². The normalized spacial score (nSPS) is 11.9. The standard InChI is InChI=1S/C6H15O5P/c7-5-3-1-2-4-6-11-12(8,9)10/h7H,1-6H2,(H2,8,9,10). The van der Waals surface area contributed by atoms with E-state index in [1.54, 1.807) is 0 Å². The third-order valence-corrected chi connectivity index (χ3v) is 1.83. The highest BCUT2D eigenvalue weighted by Gasteiger charge is 2.11. The van der Waals surface area contributed by atoms with Crippen molar-refractivity contribution in [2.75, 3.05) is 13.2 Å². The fourth-order valence-corrected chi connectivity index (χ4v) is 1.12. The van der Waals surface area contributed by atoms with Gasteiger partial charge in [0.05, 0.1) is 6.61 Å². The van der Waals surface area contributed by atoms with E-state index in [4.69, 9.17) is 14.9 Å². The molecule has 3 N–H and O–H groups in total. The van der Waals surface area contributed by atoms with Gasteiger partial charge in [-0.3, -0.25) is 4.52 Å². The predicted octanol–water partition coefficient (Wildman–Crippen LogP) is 0.648. The molecule has 0 fully saturated rings. The van der Waals surface area contributed by atoms with Crippen molar-refractivity contribution in [3.63, 3.8) is 0 Å². The van der Waals surface area contributed by atoms with Crippen molar-refractivity contribution in [2.24, 2.45) is 0 Å². The third kappa shape index (κ3) is 10.1. The Bertz CT molecular complexity index is 143. The first-order valence-electron chi connectivity index (χ1n) is 3.87. The molecule has 0 rings (SSSR count). The quantitative estimate of drug-likeness (QED) is 0.413. The molecular formula is C6H15O5P. The monoisotopic (exact) mass is 198 g/mol. The number of phosphoric ester groups is 1. The molecule has 0 aromatic rings. The van der Waals surface area contributed by atoms with Crippen LogP contribution in [0.4, 0.5) is 0 Å². The molecule has 0 saturated carbocycles. The number of aliphatic hydroxyl groups is 1. The van der Waals surface area contributed by atoms with Gasteiger partial charge in [0.15, 0.2) is 0 Å². The van der Waals surface area contributed by atoms with Gasteiger partial charge in [0.25, 0.3) is 0 Å². The minimum absolute atomic E-state index is 0.0791. The summed E-state index contributed by atoms with van der Waals surface area (Å²) in [4.78, 5) is 16.5. The first-order chi connectivity index (χ1) is 5.56. The van der Waals surface area contributed by atoms with Crippen LogP contribution in [0.15, 0.2) is 0 Å². The molecule has 0 aromatic heterocycles. The Morgan fingerprint density at radius 2 is 1.67 bits per heavy atom. The summed E-state index contributed by atoms with van der Waals surface area (Å²) >= 11 is 0. The van der Waals surface area contributed by atoms with Crippen LogP contribution in [-0.4, -0.2) is 28.1 Å². The van der Waals surface area contributed by atoms with Crippen LogP contribution in [0.2, 0.25) is 0 Å². The molecule has 0 atom stereocenters. The van der Waals surface area contributed by atoms with Crippen molar-refractivity contribution >= 4 is 7.82 Å². The molecule has 0 aromatic carbocycles. The summed E-state index contributed by atoms with van der Waals surface area (Å²) in [6.07, 6.45) is 3.03. The minimum atomic E-state index is -4.27. The Morgan fingerprint density at radius 1 is 1.08 bits per heavy atom. The van der Waals surface area contributed by atoms with Crippen LogP contribution < -0.4 is 0 Å². The number of phosphoric acid groups is 1. The largest absolute Gasteiger partial charge is 0.469 e. The highest BCUT2D eigenvalue weighted by atomic mass is 31.2. The highest BCUT2D eigenvalue weighted by Crippen LogP contribution is 2.35. The molecule has 0 aliphatic rings. The second kappa shape index (κ2) is 6.57. The Kier molecular flexibility index (Phi) is 6.61. The Balaban J connectivity index is 3.06. The number of rotatable bonds is 7. The van der Waals surface area contributed by atoms with E-state index in [0.29, 0.717) is 6.42 Å². The van der Waals surface area contributed by atoms with Gasteiger partial charge in [-0.15, -0.1) is 0 Å². The van der Waals surface area contributed by atoms with E-state index >= 15 is 0 Å². The maximum Gasteiger partial charge on any atom is 0.469 e. The molecule has 0 aliphatic heterocycles. The summed E-state index contributed by atoms with van der Waals surface area (Å²) in [5, 5.41) is 8.40. The fraction of sp³-hybridized carbons (Fsp3) is 1.00. The highest BCUT2D eigenvalue weighted by molar-refractivity contribution is 7.46. The van der Waals surface area contributed by atoms with Crippen LogP contribution in [0, 0.1) is 0 Å². The summed E-state index contributed by atoms with van der Waals surface area (Å²) in [7, 11) is -4.27. The van der Waals surface area contributed by atoms with Crippen molar-refractivity contribution in [2.45, 2.75) is 25.7 Å². The van der Waals surface area contributed by atoms with E-state index in [2.05, 4.69) is 4.52 Å². The lowest BCUT2D eigenvalue weighted by Gasteiger charge is -2.03. The van der Waals surface area contributed by atoms with Crippen molar-refractivity contribution in [3.05, 3.63) is 0 Å². The molecule has 5 nitrogen and oxygen atoms in total. The maximum absolute atomic E-state index is 10.2. The Hall–Kier alpha value is 0.0700. The van der Waals surface area contributed by atoms with Gasteiger partial charge in [-0.05, 0) is 12.8 Å². The Morgan fingerprint density at radius 3 is 2.17 bits per heavy atom. The smallest absolute Gasteiger partial charge is 0.396 e. The number of aliphatic hydroxyl groups excluding tert-OH is 1. The molecule has 0 amide bonds. The molecule has 0 aliphatic carbocycles. The summed E-state index contributed by atoms with van der Waals surface area (Å²) in [5.74, 6) is 0. The van der Waals surface area contributed by atoms with Gasteiger partial charge in [0, 0.05) is 6.61 Å². The molecule has 0 radical (unpaired) electrons. The average molecular weight is 198 g/mol. The lowest BCUT2D eigenvalue weighted by molar-refractivity contribution is 0.192. The van der Waals surface area contributed by atoms with Crippen LogP contribution >= 0.6 is 7.82 Å². The molecule has 74 valence electrons. The maximum atomic E-state index is 10.2. The van der Waals surface area contributed by atoms with Gasteiger partial charge in [0.2, 0.25) is 0 Å². The zero-order valence-electron chi connectivity index (χ0n) is 6.85. The summed E-state index contributed by atoms with van der Waals surface area (Å²) < 4.78 is 14.4. The SMILES string of the molecule is O=P(O)(O)OCCCCCCO. The molecular weight excluding hydrogens is 183 g/mol. The van der Waals surface area contributed by atoms with Gasteiger partial charge >= 0.3 is 7.82 Å². The molecule has 0 spiro atoms. The van der Waals surface area contributed by atoms with E-state index in [1.165, 1.54) is 0 Å². The second-order valence-corrected chi connectivity index (χ2v) is 3.70. The number of unbranched alkanes of at least 4 members (excludes halogenated alkanes) is 3. The molecule has 0 unspecified atom stereocenters. The van der Waals surface area contributed by atoms with E-state index in [-0.39, 0.29) is 13.2 Å². The average Bonchev–Trinajstić information content (AvgIpc) is 1.94. The molecule has 0 bridgehead atoms. The fourth-order valence-electron chi connectivity index (χ4n) is 0.751. The van der Waals surface area contributed by atoms with Gasteiger partial charge in [-0.1, -0.05) is 12.8 Å². The van der Waals surface area contributed by atoms with E-state index in [9.17, 15) is 4.57 Å². The lowest BCUT2D eigenvalue weighted by atomic mass is 10.2. The van der Waals surface area contributed by atoms with E-state index in [1.807, 2.05) is 0 Å². The summed E-state index contributed by atoms with van der Waals surface area (Å²) in [5.41, 5.74) is 0. The van der Waals surface area contributed by atoms with E-state index in [0.717, 1.165) is 19.3 Å². The minimum Gasteiger partial charge on any atom is -0.396 e. The summed E-state index contributed by atoms with van der Waals surface area (Å²) in [6.45, 7) is 0.245. The van der Waals surface area contributed by atoms with Crippen molar-refractivity contribution in [1.29, 1.82) is 0 Å². The second-order valence-electron chi connectivity index (χ2n) is 2.46. The van der Waals surface area contributed by atoms with Crippen molar-refractivity contribution < 1.29 is 24.0 Å². The van der Waals surface area contributed by atoms with Crippen molar-refractivity contribution in [3.8, 4) is 0 Å². The predicted molar refractivity (Wildman–Crippen MR) is 43.5 cm³/mol. The summed E-state index contributed by atoms with van der Waals surface area (Å²) in [6, 6.07) is 0. The Labute approximate surface area is 71.6 Å².